The highest BCUT2D eigenvalue weighted by molar-refractivity contribution is 5.92. The number of likely N-dealkylation sites (tertiary alicyclic amines) is 2. The highest BCUT2D eigenvalue weighted by Gasteiger charge is 2.47. The number of carbonyl (C=O) groups is 2. The summed E-state index contributed by atoms with van der Waals surface area (Å²) in [5.41, 5.74) is 0.175. The van der Waals surface area contributed by atoms with Crippen molar-refractivity contribution in [2.45, 2.75) is 37.3 Å². The Bertz CT molecular complexity index is 675. The van der Waals surface area contributed by atoms with Gasteiger partial charge in [0.1, 0.15) is 11.3 Å². The average molecular weight is 358 g/mol. The van der Waals surface area contributed by atoms with Gasteiger partial charge in [-0.2, -0.15) is 0 Å². The fourth-order valence-electron chi connectivity index (χ4n) is 4.53. The molecule has 140 valence electrons. The van der Waals surface area contributed by atoms with Gasteiger partial charge in [-0.3, -0.25) is 14.7 Å². The number of carbonyl (C=O) groups excluding carboxylic acids is 2. The normalized spacial score (nSPS) is 27.8. The molecule has 26 heavy (non-hydrogen) atoms. The number of pyridine rings is 1. The number of hydrogen-bond donors (Lipinski definition) is 0. The monoisotopic (exact) mass is 358 g/mol. The van der Waals surface area contributed by atoms with E-state index in [2.05, 4.69) is 9.88 Å². The van der Waals surface area contributed by atoms with Gasteiger partial charge >= 0.3 is 6.09 Å². The van der Waals surface area contributed by atoms with E-state index in [1.165, 1.54) is 0 Å². The molecule has 0 N–H and O–H groups in total. The number of hydrogen-bond acceptors (Lipinski definition) is 5. The summed E-state index contributed by atoms with van der Waals surface area (Å²) in [6.45, 7) is 4.04. The summed E-state index contributed by atoms with van der Waals surface area (Å²) in [6.07, 6.45) is 5.36. The standard InChI is InChI=1S/C19H26N4O3/c1-21-13-19(26-18(21)25)8-4-10-23(14-19)15-6-11-22(12-7-15)17(24)16-5-2-3-9-20-16/h2-3,5,9,15H,4,6-8,10-14H2,1H3/t19-/m1/s1. The van der Waals surface area contributed by atoms with Gasteiger partial charge in [0, 0.05) is 38.9 Å². The number of aromatic nitrogens is 1. The van der Waals surface area contributed by atoms with E-state index in [4.69, 9.17) is 4.74 Å². The first-order valence-electron chi connectivity index (χ1n) is 9.45. The van der Waals surface area contributed by atoms with Gasteiger partial charge in [-0.25, -0.2) is 4.79 Å². The van der Waals surface area contributed by atoms with Gasteiger partial charge in [0.2, 0.25) is 0 Å². The van der Waals surface area contributed by atoms with E-state index in [1.807, 2.05) is 17.0 Å². The summed E-state index contributed by atoms with van der Waals surface area (Å²) in [7, 11) is 1.80. The van der Waals surface area contributed by atoms with Crippen molar-refractivity contribution in [3.63, 3.8) is 0 Å². The van der Waals surface area contributed by atoms with E-state index in [0.717, 1.165) is 51.9 Å². The lowest BCUT2D eigenvalue weighted by Gasteiger charge is -2.44. The molecule has 3 aliphatic heterocycles. The number of likely N-dealkylation sites (N-methyl/N-ethyl adjacent to an activating group) is 1. The van der Waals surface area contributed by atoms with E-state index >= 15 is 0 Å². The third-order valence-corrected chi connectivity index (χ3v) is 5.86. The molecular weight excluding hydrogens is 332 g/mol. The Balaban J connectivity index is 1.35. The Morgan fingerprint density at radius 3 is 2.69 bits per heavy atom. The Kier molecular flexibility index (Phi) is 4.56. The number of amides is 2. The number of piperidine rings is 2. The van der Waals surface area contributed by atoms with Crippen LogP contribution in [0.15, 0.2) is 24.4 Å². The highest BCUT2D eigenvalue weighted by Crippen LogP contribution is 2.33. The Morgan fingerprint density at radius 2 is 2.04 bits per heavy atom. The molecule has 0 radical (unpaired) electrons. The van der Waals surface area contributed by atoms with Crippen molar-refractivity contribution in [3.05, 3.63) is 30.1 Å². The van der Waals surface area contributed by atoms with Crippen LogP contribution in [-0.2, 0) is 4.74 Å². The quantitative estimate of drug-likeness (QED) is 0.803. The lowest BCUT2D eigenvalue weighted by atomic mass is 9.90. The molecule has 1 aromatic heterocycles. The lowest BCUT2D eigenvalue weighted by Crippen LogP contribution is -2.56. The van der Waals surface area contributed by atoms with Crippen molar-refractivity contribution in [2.75, 3.05) is 39.8 Å². The van der Waals surface area contributed by atoms with E-state index in [-0.39, 0.29) is 17.6 Å². The molecule has 2 amide bonds. The molecule has 0 unspecified atom stereocenters. The van der Waals surface area contributed by atoms with Crippen LogP contribution in [0.3, 0.4) is 0 Å². The van der Waals surface area contributed by atoms with Crippen LogP contribution in [-0.4, -0.2) is 83.1 Å². The van der Waals surface area contributed by atoms with Crippen LogP contribution in [0.5, 0.6) is 0 Å². The minimum absolute atomic E-state index is 0.0190. The molecule has 3 aliphatic rings. The van der Waals surface area contributed by atoms with Gasteiger partial charge in [0.05, 0.1) is 6.54 Å². The second-order valence-corrected chi connectivity index (χ2v) is 7.72. The summed E-state index contributed by atoms with van der Waals surface area (Å²) in [4.78, 5) is 34.6. The topological polar surface area (TPSA) is 66.0 Å². The molecule has 0 aromatic carbocycles. The molecule has 4 rings (SSSR count). The molecule has 1 spiro atoms. The predicted molar refractivity (Wildman–Crippen MR) is 95.8 cm³/mol. The fraction of sp³-hybridized carbons (Fsp3) is 0.632. The zero-order valence-electron chi connectivity index (χ0n) is 15.3. The summed E-state index contributed by atoms with van der Waals surface area (Å²) >= 11 is 0. The highest BCUT2D eigenvalue weighted by atomic mass is 16.6. The van der Waals surface area contributed by atoms with Crippen LogP contribution in [0, 0.1) is 0 Å². The maximum absolute atomic E-state index is 12.5. The van der Waals surface area contributed by atoms with Crippen molar-refractivity contribution in [1.29, 1.82) is 0 Å². The first-order chi connectivity index (χ1) is 12.6. The fourth-order valence-corrected chi connectivity index (χ4v) is 4.53. The zero-order chi connectivity index (χ0) is 18.1. The maximum Gasteiger partial charge on any atom is 0.410 e. The first-order valence-corrected chi connectivity index (χ1v) is 9.45. The number of nitrogens with zero attached hydrogens (tertiary/aromatic N) is 4. The summed E-state index contributed by atoms with van der Waals surface area (Å²) in [6, 6.07) is 5.89. The Morgan fingerprint density at radius 1 is 1.23 bits per heavy atom. The van der Waals surface area contributed by atoms with E-state index in [1.54, 1.807) is 24.2 Å². The van der Waals surface area contributed by atoms with Crippen LogP contribution >= 0.6 is 0 Å². The molecular formula is C19H26N4O3. The zero-order valence-corrected chi connectivity index (χ0v) is 15.3. The maximum atomic E-state index is 12.5. The molecule has 0 saturated carbocycles. The van der Waals surface area contributed by atoms with Crippen molar-refractivity contribution in [3.8, 4) is 0 Å². The molecule has 1 aromatic rings. The van der Waals surface area contributed by atoms with Crippen molar-refractivity contribution in [2.24, 2.45) is 0 Å². The number of rotatable bonds is 2. The smallest absolute Gasteiger partial charge is 0.410 e. The molecule has 7 heteroatoms. The second kappa shape index (κ2) is 6.87. The van der Waals surface area contributed by atoms with Crippen molar-refractivity contribution >= 4 is 12.0 Å². The minimum atomic E-state index is -0.342. The summed E-state index contributed by atoms with van der Waals surface area (Å²) in [5.74, 6) is 0.0190. The molecule has 4 heterocycles. The van der Waals surface area contributed by atoms with Gasteiger partial charge in [0.15, 0.2) is 0 Å². The van der Waals surface area contributed by atoms with E-state index < -0.39 is 0 Å². The summed E-state index contributed by atoms with van der Waals surface area (Å²) < 4.78 is 5.71. The molecule has 3 saturated heterocycles. The van der Waals surface area contributed by atoms with Gasteiger partial charge in [-0.15, -0.1) is 0 Å². The second-order valence-electron chi connectivity index (χ2n) is 7.72. The van der Waals surface area contributed by atoms with E-state index in [0.29, 0.717) is 18.3 Å². The van der Waals surface area contributed by atoms with Crippen LogP contribution in [0.1, 0.15) is 36.2 Å². The SMILES string of the molecule is CN1C[C@@]2(CCCN(C3CCN(C(=O)c4ccccn4)CC3)C2)OC1=O. The third-order valence-electron chi connectivity index (χ3n) is 5.86. The molecule has 3 fully saturated rings. The molecule has 0 bridgehead atoms. The van der Waals surface area contributed by atoms with Crippen molar-refractivity contribution in [1.82, 2.24) is 19.7 Å². The van der Waals surface area contributed by atoms with Gasteiger partial charge < -0.3 is 14.5 Å². The summed E-state index contributed by atoms with van der Waals surface area (Å²) in [5, 5.41) is 0. The van der Waals surface area contributed by atoms with Crippen LogP contribution < -0.4 is 0 Å². The Hall–Kier alpha value is -2.15. The lowest BCUT2D eigenvalue weighted by molar-refractivity contribution is -0.0313. The largest absolute Gasteiger partial charge is 0.440 e. The van der Waals surface area contributed by atoms with Crippen LogP contribution in [0.2, 0.25) is 0 Å². The van der Waals surface area contributed by atoms with Crippen LogP contribution in [0.4, 0.5) is 4.79 Å². The Labute approximate surface area is 153 Å². The van der Waals surface area contributed by atoms with E-state index in [9.17, 15) is 9.59 Å². The average Bonchev–Trinajstić information content (AvgIpc) is 2.94. The first kappa shape index (κ1) is 17.3. The predicted octanol–water partition coefficient (Wildman–Crippen LogP) is 1.60. The molecule has 7 nitrogen and oxygen atoms in total. The number of ether oxygens (including phenoxy) is 1. The molecule has 1 atom stereocenters. The minimum Gasteiger partial charge on any atom is -0.440 e. The van der Waals surface area contributed by atoms with Gasteiger partial charge in [0.25, 0.3) is 5.91 Å². The van der Waals surface area contributed by atoms with Crippen molar-refractivity contribution < 1.29 is 14.3 Å². The van der Waals surface area contributed by atoms with Gasteiger partial charge in [-0.1, -0.05) is 6.07 Å². The van der Waals surface area contributed by atoms with Gasteiger partial charge in [-0.05, 0) is 44.4 Å². The third kappa shape index (κ3) is 3.28. The van der Waals surface area contributed by atoms with Crippen LogP contribution in [0.25, 0.3) is 0 Å². The molecule has 0 aliphatic carbocycles.